The molecule has 1 aromatic heterocycles. The molecule has 5 nitrogen and oxygen atoms in total. The highest BCUT2D eigenvalue weighted by Gasteiger charge is 2.27. The number of nitrogens with zero attached hydrogens (tertiary/aromatic N) is 3. The van der Waals surface area contributed by atoms with Gasteiger partial charge in [0.05, 0.1) is 0 Å². The molecule has 0 bridgehead atoms. The topological polar surface area (TPSA) is 59.2 Å². The molecule has 1 saturated carbocycles. The van der Waals surface area contributed by atoms with E-state index in [1.54, 1.807) is 6.92 Å². The molecule has 0 radical (unpaired) electrons. The molecule has 28 heavy (non-hydrogen) atoms. The van der Waals surface area contributed by atoms with E-state index in [1.165, 1.54) is 18.4 Å². The number of aryl methyl sites for hydroxylation is 1. The maximum Gasteiger partial charge on any atom is 0.257 e. The number of carbonyl (C=O) groups excluding carboxylic acids is 1. The van der Waals surface area contributed by atoms with Gasteiger partial charge in [0.15, 0.2) is 5.82 Å². The van der Waals surface area contributed by atoms with E-state index in [0.29, 0.717) is 23.3 Å². The van der Waals surface area contributed by atoms with Crippen LogP contribution in [0.1, 0.15) is 47.4 Å². The Labute approximate surface area is 165 Å². The van der Waals surface area contributed by atoms with E-state index in [-0.39, 0.29) is 5.91 Å². The fourth-order valence-electron chi connectivity index (χ4n) is 3.90. The van der Waals surface area contributed by atoms with Crippen molar-refractivity contribution in [3.05, 3.63) is 71.5 Å². The maximum absolute atomic E-state index is 13.3. The first-order valence-electron chi connectivity index (χ1n) is 9.96. The van der Waals surface area contributed by atoms with Gasteiger partial charge < -0.3 is 9.42 Å². The smallest absolute Gasteiger partial charge is 0.257 e. The van der Waals surface area contributed by atoms with Crippen LogP contribution in [-0.2, 0) is 6.42 Å². The Morgan fingerprint density at radius 1 is 1.07 bits per heavy atom. The second-order valence-corrected chi connectivity index (χ2v) is 7.40. The van der Waals surface area contributed by atoms with Crippen LogP contribution >= 0.6 is 0 Å². The third kappa shape index (κ3) is 4.14. The van der Waals surface area contributed by atoms with Gasteiger partial charge in [0, 0.05) is 23.7 Å². The summed E-state index contributed by atoms with van der Waals surface area (Å²) in [7, 11) is 0. The third-order valence-electron chi connectivity index (χ3n) is 5.42. The van der Waals surface area contributed by atoms with Gasteiger partial charge in [0.2, 0.25) is 0 Å². The van der Waals surface area contributed by atoms with Crippen LogP contribution in [0.4, 0.5) is 0 Å². The molecule has 3 aromatic rings. The van der Waals surface area contributed by atoms with Gasteiger partial charge in [-0.05, 0) is 56.0 Å². The first-order valence-corrected chi connectivity index (χ1v) is 9.96. The van der Waals surface area contributed by atoms with Gasteiger partial charge in [0.1, 0.15) is 0 Å². The summed E-state index contributed by atoms with van der Waals surface area (Å²) in [6.07, 6.45) is 5.48. The molecule has 0 atom stereocenters. The Hall–Kier alpha value is -2.95. The largest absolute Gasteiger partial charge is 0.335 e. The molecule has 4 rings (SSSR count). The predicted octanol–water partition coefficient (Wildman–Crippen LogP) is 4.67. The van der Waals surface area contributed by atoms with E-state index < -0.39 is 0 Å². The Kier molecular flexibility index (Phi) is 5.51. The zero-order chi connectivity index (χ0) is 19.3. The van der Waals surface area contributed by atoms with E-state index in [4.69, 9.17) is 4.52 Å². The van der Waals surface area contributed by atoms with Gasteiger partial charge in [-0.15, -0.1) is 0 Å². The summed E-state index contributed by atoms with van der Waals surface area (Å²) in [4.78, 5) is 19.6. The Morgan fingerprint density at radius 3 is 2.43 bits per heavy atom. The Balaban J connectivity index is 1.51. The average Bonchev–Trinajstić information content (AvgIpc) is 3.41. The lowest BCUT2D eigenvalue weighted by Crippen LogP contribution is -2.40. The fourth-order valence-corrected chi connectivity index (χ4v) is 3.90. The molecule has 0 aliphatic heterocycles. The number of carbonyl (C=O) groups is 1. The van der Waals surface area contributed by atoms with Gasteiger partial charge in [-0.25, -0.2) is 0 Å². The molecule has 0 N–H and O–H groups in total. The summed E-state index contributed by atoms with van der Waals surface area (Å²) >= 11 is 0. The highest BCUT2D eigenvalue weighted by molar-refractivity contribution is 5.94. The van der Waals surface area contributed by atoms with Crippen molar-refractivity contribution < 1.29 is 9.32 Å². The van der Waals surface area contributed by atoms with Crippen molar-refractivity contribution in [1.82, 2.24) is 15.0 Å². The van der Waals surface area contributed by atoms with Crippen molar-refractivity contribution in [2.75, 3.05) is 6.54 Å². The van der Waals surface area contributed by atoms with Crippen LogP contribution < -0.4 is 0 Å². The lowest BCUT2D eigenvalue weighted by Gasteiger charge is -2.29. The number of benzene rings is 2. The van der Waals surface area contributed by atoms with Crippen molar-refractivity contribution in [3.8, 4) is 11.5 Å². The molecule has 1 amide bonds. The molecule has 144 valence electrons. The molecule has 0 unspecified atom stereocenters. The monoisotopic (exact) mass is 375 g/mol. The van der Waals surface area contributed by atoms with Gasteiger partial charge in [0.25, 0.3) is 11.8 Å². The quantitative estimate of drug-likeness (QED) is 0.628. The highest BCUT2D eigenvalue weighted by Crippen LogP contribution is 2.26. The van der Waals surface area contributed by atoms with Gasteiger partial charge in [-0.1, -0.05) is 48.3 Å². The van der Waals surface area contributed by atoms with Gasteiger partial charge in [-0.3, -0.25) is 4.79 Å². The van der Waals surface area contributed by atoms with Crippen molar-refractivity contribution in [3.63, 3.8) is 0 Å². The van der Waals surface area contributed by atoms with Crippen molar-refractivity contribution in [2.45, 2.75) is 45.1 Å². The summed E-state index contributed by atoms with van der Waals surface area (Å²) in [6, 6.07) is 18.2. The minimum absolute atomic E-state index is 0.107. The first kappa shape index (κ1) is 18.4. The van der Waals surface area contributed by atoms with Crippen LogP contribution in [-0.4, -0.2) is 33.5 Å². The molecule has 0 saturated heterocycles. The lowest BCUT2D eigenvalue weighted by atomic mass is 10.1. The molecule has 0 spiro atoms. The van der Waals surface area contributed by atoms with Crippen LogP contribution in [0.5, 0.6) is 0 Å². The van der Waals surface area contributed by atoms with Crippen LogP contribution in [0.3, 0.4) is 0 Å². The number of aromatic nitrogens is 2. The summed E-state index contributed by atoms with van der Waals surface area (Å²) in [5.41, 5.74) is 2.80. The highest BCUT2D eigenvalue weighted by atomic mass is 16.5. The van der Waals surface area contributed by atoms with E-state index in [2.05, 4.69) is 39.3 Å². The SMILES string of the molecule is Cc1noc(-c2ccc(C(=O)N(CCc3ccccc3)C3CCCC3)cc2)n1. The zero-order valence-electron chi connectivity index (χ0n) is 16.2. The summed E-state index contributed by atoms with van der Waals surface area (Å²) in [6.45, 7) is 2.54. The number of hydrogen-bond acceptors (Lipinski definition) is 4. The normalized spacial score (nSPS) is 14.3. The van der Waals surface area contributed by atoms with Crippen molar-refractivity contribution in [2.24, 2.45) is 0 Å². The van der Waals surface area contributed by atoms with Crippen LogP contribution in [0.2, 0.25) is 0 Å². The summed E-state index contributed by atoms with van der Waals surface area (Å²) < 4.78 is 5.21. The summed E-state index contributed by atoms with van der Waals surface area (Å²) in [5.74, 6) is 1.19. The molecule has 1 fully saturated rings. The number of amides is 1. The van der Waals surface area contributed by atoms with E-state index in [0.717, 1.165) is 31.4 Å². The van der Waals surface area contributed by atoms with E-state index >= 15 is 0 Å². The molecule has 1 heterocycles. The molecule has 1 aliphatic rings. The van der Waals surface area contributed by atoms with E-state index in [9.17, 15) is 4.79 Å². The van der Waals surface area contributed by atoms with Crippen LogP contribution in [0.15, 0.2) is 59.1 Å². The number of rotatable bonds is 6. The van der Waals surface area contributed by atoms with Gasteiger partial charge >= 0.3 is 0 Å². The van der Waals surface area contributed by atoms with Crippen LogP contribution in [0, 0.1) is 6.92 Å². The third-order valence-corrected chi connectivity index (χ3v) is 5.42. The minimum Gasteiger partial charge on any atom is -0.335 e. The summed E-state index contributed by atoms with van der Waals surface area (Å²) in [5, 5.41) is 3.82. The Bertz CT molecular complexity index is 913. The Morgan fingerprint density at radius 2 is 1.79 bits per heavy atom. The second-order valence-electron chi connectivity index (χ2n) is 7.40. The van der Waals surface area contributed by atoms with Crippen molar-refractivity contribution >= 4 is 5.91 Å². The predicted molar refractivity (Wildman–Crippen MR) is 108 cm³/mol. The fraction of sp³-hybridized carbons (Fsp3) is 0.348. The zero-order valence-corrected chi connectivity index (χ0v) is 16.2. The lowest BCUT2D eigenvalue weighted by molar-refractivity contribution is 0.0684. The van der Waals surface area contributed by atoms with Gasteiger partial charge in [-0.2, -0.15) is 4.98 Å². The molecule has 1 aliphatic carbocycles. The average molecular weight is 375 g/mol. The standard InChI is InChI=1S/C23H25N3O2/c1-17-24-22(28-25-17)19-11-13-20(14-12-19)23(27)26(21-9-5-6-10-21)16-15-18-7-3-2-4-8-18/h2-4,7-8,11-14,21H,5-6,9-10,15-16H2,1H3. The molecule has 5 heteroatoms. The molecule has 2 aromatic carbocycles. The first-order chi connectivity index (χ1) is 13.7. The van der Waals surface area contributed by atoms with Crippen molar-refractivity contribution in [1.29, 1.82) is 0 Å². The number of hydrogen-bond donors (Lipinski definition) is 0. The van der Waals surface area contributed by atoms with E-state index in [1.807, 2.05) is 30.3 Å². The maximum atomic E-state index is 13.3. The molecular formula is C23H25N3O2. The second kappa shape index (κ2) is 8.38. The van der Waals surface area contributed by atoms with Crippen LogP contribution in [0.25, 0.3) is 11.5 Å². The molecular weight excluding hydrogens is 350 g/mol. The minimum atomic E-state index is 0.107.